The van der Waals surface area contributed by atoms with Crippen molar-refractivity contribution in [3.63, 3.8) is 0 Å². The first-order valence-corrected chi connectivity index (χ1v) is 7.19. The van der Waals surface area contributed by atoms with Gasteiger partial charge in [-0.15, -0.1) is 0 Å². The van der Waals surface area contributed by atoms with Gasteiger partial charge >= 0.3 is 0 Å². The molecule has 106 valence electrons. The number of aryl methyl sites for hydroxylation is 1. The van der Waals surface area contributed by atoms with Crippen molar-refractivity contribution in [2.75, 3.05) is 5.32 Å². The first-order chi connectivity index (χ1) is 10.1. The average Bonchev–Trinajstić information content (AvgIpc) is 3.32. The predicted molar refractivity (Wildman–Crippen MR) is 84.7 cm³/mol. The van der Waals surface area contributed by atoms with Crippen LogP contribution in [0, 0.1) is 28.6 Å². The van der Waals surface area contributed by atoms with Crippen LogP contribution >= 0.6 is 12.2 Å². The fourth-order valence-electron chi connectivity index (χ4n) is 2.05. The lowest BCUT2D eigenvalue weighted by atomic mass is 10.1. The molecule has 0 saturated heterocycles. The summed E-state index contributed by atoms with van der Waals surface area (Å²) in [5.41, 5.74) is 2.40. The number of hydrogen-bond acceptors (Lipinski definition) is 4. The maximum atomic E-state index is 9.97. The number of aliphatic hydroxyl groups excluding tert-OH is 1. The molecular formula is C16H15N3OS. The number of nitrogens with zero attached hydrogens (tertiary/aromatic N) is 2. The molecule has 2 rings (SSSR count). The Bertz CT molecular complexity index is 690. The molecule has 2 N–H and O–H groups in total. The number of aliphatic hydroxyl groups is 1. The molecular weight excluding hydrogens is 282 g/mol. The van der Waals surface area contributed by atoms with Gasteiger partial charge in [0.1, 0.15) is 22.4 Å². The van der Waals surface area contributed by atoms with E-state index in [2.05, 4.69) is 11.4 Å². The zero-order chi connectivity index (χ0) is 15.4. The molecule has 1 aliphatic rings. The first-order valence-electron chi connectivity index (χ1n) is 6.78. The van der Waals surface area contributed by atoms with Gasteiger partial charge in [-0.25, -0.2) is 0 Å². The standard InChI is InChI=1S/C16H15N3OS/c1-2-10-7-13(6-5-12(10)8-17)19-16(21)14(9-18)15(20)11-3-4-11/h5-7,11,20H,2-4H2,1H3,(H,19,21). The number of allylic oxidation sites excluding steroid dienone is 1. The molecule has 0 amide bonds. The summed E-state index contributed by atoms with van der Waals surface area (Å²) in [4.78, 5) is 0.216. The minimum atomic E-state index is 0.0755. The van der Waals surface area contributed by atoms with Gasteiger partial charge in [0.2, 0.25) is 0 Å². The van der Waals surface area contributed by atoms with Gasteiger partial charge in [0, 0.05) is 11.6 Å². The third-order valence-corrected chi connectivity index (χ3v) is 3.73. The van der Waals surface area contributed by atoms with Crippen molar-refractivity contribution in [3.8, 4) is 12.1 Å². The van der Waals surface area contributed by atoms with Crippen molar-refractivity contribution in [1.82, 2.24) is 0 Å². The fraction of sp³-hybridized carbons (Fsp3) is 0.312. The van der Waals surface area contributed by atoms with E-state index >= 15 is 0 Å². The number of hydrogen-bond donors (Lipinski definition) is 2. The highest BCUT2D eigenvalue weighted by Gasteiger charge is 2.29. The Morgan fingerprint density at radius 3 is 2.67 bits per heavy atom. The van der Waals surface area contributed by atoms with Gasteiger partial charge in [0.25, 0.3) is 0 Å². The van der Waals surface area contributed by atoms with E-state index in [1.807, 2.05) is 19.1 Å². The number of thiocarbonyl (C=S) groups is 1. The molecule has 1 aromatic carbocycles. The largest absolute Gasteiger partial charge is 0.511 e. The highest BCUT2D eigenvalue weighted by molar-refractivity contribution is 7.81. The van der Waals surface area contributed by atoms with Crippen LogP contribution in [0.2, 0.25) is 0 Å². The molecule has 0 aliphatic heterocycles. The molecule has 0 atom stereocenters. The zero-order valence-electron chi connectivity index (χ0n) is 11.7. The molecule has 1 saturated carbocycles. The maximum absolute atomic E-state index is 9.97. The Morgan fingerprint density at radius 2 is 2.14 bits per heavy atom. The zero-order valence-corrected chi connectivity index (χ0v) is 12.5. The Morgan fingerprint density at radius 1 is 1.43 bits per heavy atom. The second-order valence-electron chi connectivity index (χ2n) is 4.94. The minimum absolute atomic E-state index is 0.0755. The molecule has 0 unspecified atom stereocenters. The second-order valence-corrected chi connectivity index (χ2v) is 5.35. The van der Waals surface area contributed by atoms with E-state index in [0.29, 0.717) is 11.3 Å². The SMILES string of the molecule is CCc1cc(NC(=S)C(C#N)=C(O)C2CC2)ccc1C#N. The molecule has 5 heteroatoms. The number of benzene rings is 1. The van der Waals surface area contributed by atoms with Gasteiger partial charge in [-0.05, 0) is 43.0 Å². The summed E-state index contributed by atoms with van der Waals surface area (Å²) in [6.45, 7) is 1.97. The number of anilines is 1. The van der Waals surface area contributed by atoms with Crippen LogP contribution in [0.25, 0.3) is 0 Å². The molecule has 0 bridgehead atoms. The lowest BCUT2D eigenvalue weighted by molar-refractivity contribution is 0.377. The topological polar surface area (TPSA) is 79.8 Å². The summed E-state index contributed by atoms with van der Waals surface area (Å²) in [5.74, 6) is 0.158. The van der Waals surface area contributed by atoms with Crippen molar-refractivity contribution in [2.45, 2.75) is 26.2 Å². The lowest BCUT2D eigenvalue weighted by Crippen LogP contribution is -2.14. The Hall–Kier alpha value is -2.37. The number of rotatable bonds is 4. The normalized spacial score (nSPS) is 14.6. The molecule has 21 heavy (non-hydrogen) atoms. The summed E-state index contributed by atoms with van der Waals surface area (Å²) in [6.07, 6.45) is 2.53. The van der Waals surface area contributed by atoms with Crippen molar-refractivity contribution in [2.24, 2.45) is 5.92 Å². The Labute approximate surface area is 129 Å². The summed E-state index contributed by atoms with van der Waals surface area (Å²) in [6, 6.07) is 9.42. The predicted octanol–water partition coefficient (Wildman–Crippen LogP) is 3.61. The van der Waals surface area contributed by atoms with E-state index in [4.69, 9.17) is 22.7 Å². The fourth-order valence-corrected chi connectivity index (χ4v) is 2.32. The summed E-state index contributed by atoms with van der Waals surface area (Å²) in [7, 11) is 0. The van der Waals surface area contributed by atoms with Crippen molar-refractivity contribution in [3.05, 3.63) is 40.7 Å². The van der Waals surface area contributed by atoms with E-state index in [0.717, 1.165) is 24.8 Å². The molecule has 1 aromatic rings. The molecule has 0 aromatic heterocycles. The van der Waals surface area contributed by atoms with E-state index in [9.17, 15) is 5.11 Å². The third kappa shape index (κ3) is 3.39. The van der Waals surface area contributed by atoms with Gasteiger partial charge < -0.3 is 10.4 Å². The van der Waals surface area contributed by atoms with Crippen molar-refractivity contribution < 1.29 is 5.11 Å². The first kappa shape index (κ1) is 15.0. The minimum Gasteiger partial charge on any atom is -0.511 e. The lowest BCUT2D eigenvalue weighted by Gasteiger charge is -2.10. The van der Waals surface area contributed by atoms with E-state index in [1.165, 1.54) is 0 Å². The van der Waals surface area contributed by atoms with Crippen LogP contribution in [0.15, 0.2) is 29.5 Å². The summed E-state index contributed by atoms with van der Waals surface area (Å²) < 4.78 is 0. The maximum Gasteiger partial charge on any atom is 0.125 e. The summed E-state index contributed by atoms with van der Waals surface area (Å²) in [5, 5.41) is 31.1. The van der Waals surface area contributed by atoms with Crippen LogP contribution in [0.3, 0.4) is 0 Å². The highest BCUT2D eigenvalue weighted by atomic mass is 32.1. The molecule has 0 heterocycles. The average molecular weight is 297 g/mol. The van der Waals surface area contributed by atoms with Crippen LogP contribution in [-0.2, 0) is 6.42 Å². The monoisotopic (exact) mass is 297 g/mol. The molecule has 0 spiro atoms. The van der Waals surface area contributed by atoms with Gasteiger partial charge in [0.15, 0.2) is 0 Å². The molecule has 0 radical (unpaired) electrons. The molecule has 1 fully saturated rings. The van der Waals surface area contributed by atoms with Gasteiger partial charge in [-0.2, -0.15) is 10.5 Å². The Kier molecular flexibility index (Phi) is 4.57. The number of nitriles is 2. The van der Waals surface area contributed by atoms with Gasteiger partial charge in [-0.3, -0.25) is 0 Å². The number of nitrogens with one attached hydrogen (secondary N) is 1. The van der Waals surface area contributed by atoms with E-state index < -0.39 is 0 Å². The highest BCUT2D eigenvalue weighted by Crippen LogP contribution is 2.36. The van der Waals surface area contributed by atoms with Crippen molar-refractivity contribution in [1.29, 1.82) is 10.5 Å². The van der Waals surface area contributed by atoms with Crippen LogP contribution in [0.5, 0.6) is 0 Å². The smallest absolute Gasteiger partial charge is 0.125 e. The van der Waals surface area contributed by atoms with Crippen LogP contribution in [-0.4, -0.2) is 10.1 Å². The Balaban J connectivity index is 2.22. The van der Waals surface area contributed by atoms with Crippen molar-refractivity contribution >= 4 is 22.9 Å². The van der Waals surface area contributed by atoms with Crippen LogP contribution in [0.1, 0.15) is 30.9 Å². The van der Waals surface area contributed by atoms with Gasteiger partial charge in [0.05, 0.1) is 11.6 Å². The second kappa shape index (κ2) is 6.39. The summed E-state index contributed by atoms with van der Waals surface area (Å²) >= 11 is 5.20. The molecule has 1 aliphatic carbocycles. The quantitative estimate of drug-likeness (QED) is 0.384. The van der Waals surface area contributed by atoms with Crippen LogP contribution in [0.4, 0.5) is 5.69 Å². The van der Waals surface area contributed by atoms with Crippen LogP contribution < -0.4 is 5.32 Å². The van der Waals surface area contributed by atoms with Gasteiger partial charge in [-0.1, -0.05) is 19.1 Å². The molecule has 4 nitrogen and oxygen atoms in total. The van der Waals surface area contributed by atoms with E-state index in [1.54, 1.807) is 12.1 Å². The third-order valence-electron chi connectivity index (χ3n) is 3.42. The van der Waals surface area contributed by atoms with E-state index in [-0.39, 0.29) is 22.2 Å².